The van der Waals surface area contributed by atoms with E-state index in [-0.39, 0.29) is 19.6 Å². The summed E-state index contributed by atoms with van der Waals surface area (Å²) in [6, 6.07) is 0. The largest absolute Gasteiger partial charge is 0.463 e. The van der Waals surface area contributed by atoms with E-state index < -0.39 is 54.6 Å². The fourth-order valence-corrected chi connectivity index (χ4v) is 2.53. The molecule has 0 aromatic rings. The highest BCUT2D eigenvalue weighted by molar-refractivity contribution is 5.70. The van der Waals surface area contributed by atoms with E-state index in [2.05, 4.69) is 0 Å². The van der Waals surface area contributed by atoms with Gasteiger partial charge in [-0.2, -0.15) is 0 Å². The summed E-state index contributed by atoms with van der Waals surface area (Å²) in [5, 5.41) is 0. The van der Waals surface area contributed by atoms with E-state index in [0.29, 0.717) is 0 Å². The molecule has 0 amide bonds. The van der Waals surface area contributed by atoms with E-state index >= 15 is 0 Å². The molecule has 0 bridgehead atoms. The van der Waals surface area contributed by atoms with Crippen molar-refractivity contribution in [3.05, 3.63) is 0 Å². The van der Waals surface area contributed by atoms with Gasteiger partial charge in [-0.05, 0) is 6.92 Å². The van der Waals surface area contributed by atoms with Gasteiger partial charge in [0.2, 0.25) is 0 Å². The van der Waals surface area contributed by atoms with Crippen LogP contribution in [0.25, 0.3) is 0 Å². The molecule has 0 aromatic heterocycles. The summed E-state index contributed by atoms with van der Waals surface area (Å²) >= 11 is 0. The third-order valence-corrected chi connectivity index (χ3v) is 3.53. The Morgan fingerprint density at radius 3 is 1.89 bits per heavy atom. The number of carbonyl (C=O) groups is 4. The molecular formula is C17H26O10. The monoisotopic (exact) mass is 390 g/mol. The zero-order chi connectivity index (χ0) is 20.6. The van der Waals surface area contributed by atoms with Crippen molar-refractivity contribution >= 4 is 23.9 Å². The van der Waals surface area contributed by atoms with Gasteiger partial charge in [0.25, 0.3) is 0 Å². The minimum Gasteiger partial charge on any atom is -0.463 e. The minimum atomic E-state index is -1.20. The number of hydrogen-bond donors (Lipinski definition) is 0. The average Bonchev–Trinajstić information content (AvgIpc) is 2.57. The number of hydrogen-bond acceptors (Lipinski definition) is 10. The topological polar surface area (TPSA) is 124 Å². The lowest BCUT2D eigenvalue weighted by atomic mass is 9.98. The van der Waals surface area contributed by atoms with Crippen LogP contribution in [0, 0.1) is 0 Å². The second-order valence-electron chi connectivity index (χ2n) is 5.76. The maximum atomic E-state index is 11.8. The first-order valence-electron chi connectivity index (χ1n) is 8.63. The van der Waals surface area contributed by atoms with Crippen LogP contribution in [-0.2, 0) is 47.6 Å². The average molecular weight is 390 g/mol. The Balaban J connectivity index is 3.24. The van der Waals surface area contributed by atoms with Gasteiger partial charge in [-0.1, -0.05) is 6.92 Å². The van der Waals surface area contributed by atoms with Crippen LogP contribution in [0.2, 0.25) is 0 Å². The van der Waals surface area contributed by atoms with E-state index in [9.17, 15) is 19.2 Å². The van der Waals surface area contributed by atoms with Crippen molar-refractivity contribution in [2.45, 2.75) is 71.7 Å². The highest BCUT2D eigenvalue weighted by atomic mass is 16.7. The summed E-state index contributed by atoms with van der Waals surface area (Å²) in [6.07, 6.45) is -5.57. The highest BCUT2D eigenvalue weighted by Gasteiger charge is 2.52. The van der Waals surface area contributed by atoms with Crippen molar-refractivity contribution < 1.29 is 47.6 Å². The Labute approximate surface area is 157 Å². The zero-order valence-electron chi connectivity index (χ0n) is 16.1. The molecule has 0 radical (unpaired) electrons. The predicted molar refractivity (Wildman–Crippen MR) is 88.2 cm³/mol. The molecule has 0 N–H and O–H groups in total. The molecule has 1 saturated heterocycles. The highest BCUT2D eigenvalue weighted by Crippen LogP contribution is 2.30. The molecular weight excluding hydrogens is 364 g/mol. The summed E-state index contributed by atoms with van der Waals surface area (Å²) in [6.45, 7) is 6.75. The lowest BCUT2D eigenvalue weighted by molar-refractivity contribution is -0.307. The summed E-state index contributed by atoms with van der Waals surface area (Å²) in [5.41, 5.74) is 0. The molecule has 0 saturated carbocycles. The predicted octanol–water partition coefficient (Wildman–Crippen LogP) is 0.496. The molecule has 1 fully saturated rings. The van der Waals surface area contributed by atoms with Gasteiger partial charge in [0.05, 0.1) is 0 Å². The Hall–Kier alpha value is -2.20. The molecule has 10 heteroatoms. The molecule has 154 valence electrons. The molecule has 0 aromatic carbocycles. The Kier molecular flexibility index (Phi) is 9.16. The van der Waals surface area contributed by atoms with Crippen LogP contribution in [0.4, 0.5) is 0 Å². The van der Waals surface area contributed by atoms with Crippen molar-refractivity contribution in [3.8, 4) is 0 Å². The Morgan fingerprint density at radius 1 is 0.815 bits per heavy atom. The van der Waals surface area contributed by atoms with Crippen molar-refractivity contribution in [1.82, 2.24) is 0 Å². The molecule has 5 atom stereocenters. The maximum absolute atomic E-state index is 11.8. The van der Waals surface area contributed by atoms with E-state index in [1.165, 1.54) is 6.92 Å². The number of carbonyl (C=O) groups excluding carboxylic acids is 4. The van der Waals surface area contributed by atoms with Crippen LogP contribution in [-0.4, -0.2) is 67.8 Å². The van der Waals surface area contributed by atoms with Gasteiger partial charge in [-0.3, -0.25) is 19.2 Å². The second kappa shape index (κ2) is 10.8. The molecule has 0 aliphatic carbocycles. The van der Waals surface area contributed by atoms with Crippen LogP contribution in [0.3, 0.4) is 0 Å². The Morgan fingerprint density at radius 2 is 1.41 bits per heavy atom. The summed E-state index contributed by atoms with van der Waals surface area (Å²) < 4.78 is 32.0. The first-order chi connectivity index (χ1) is 12.7. The number of esters is 4. The van der Waals surface area contributed by atoms with Crippen molar-refractivity contribution in [1.29, 1.82) is 0 Å². The fourth-order valence-electron chi connectivity index (χ4n) is 2.53. The van der Waals surface area contributed by atoms with Gasteiger partial charge >= 0.3 is 23.9 Å². The Bertz CT molecular complexity index is 546. The SMILES string of the molecule is CCO[C@@H]1OC(COC(C)=O)[C@@H](OC(C)=O)[C@H](OC(C)=O)C1OC(=O)CC. The quantitative estimate of drug-likeness (QED) is 0.427. The summed E-state index contributed by atoms with van der Waals surface area (Å²) in [7, 11) is 0. The standard InChI is InChI=1S/C17H26O10/c1-6-13(21)27-16-15(25-11(5)20)14(24-10(4)19)12(8-23-9(3)18)26-17(16)22-7-2/h12,14-17H,6-8H2,1-5H3/t12?,14-,15+,16?,17-/m1/s1. The molecule has 1 heterocycles. The van der Waals surface area contributed by atoms with Gasteiger partial charge in [-0.15, -0.1) is 0 Å². The second-order valence-corrected chi connectivity index (χ2v) is 5.76. The van der Waals surface area contributed by atoms with Crippen LogP contribution >= 0.6 is 0 Å². The van der Waals surface area contributed by atoms with Crippen LogP contribution in [0.15, 0.2) is 0 Å². The molecule has 2 unspecified atom stereocenters. The number of ether oxygens (including phenoxy) is 6. The third kappa shape index (κ3) is 7.14. The number of rotatable bonds is 8. The maximum Gasteiger partial charge on any atom is 0.306 e. The van der Waals surface area contributed by atoms with Crippen molar-refractivity contribution in [2.24, 2.45) is 0 Å². The molecule has 1 rings (SSSR count). The summed E-state index contributed by atoms with van der Waals surface area (Å²) in [5.74, 6) is -2.51. The van der Waals surface area contributed by atoms with Gasteiger partial charge in [0, 0.05) is 33.8 Å². The van der Waals surface area contributed by atoms with E-state index in [0.717, 1.165) is 13.8 Å². The van der Waals surface area contributed by atoms with Crippen LogP contribution in [0.5, 0.6) is 0 Å². The molecule has 10 nitrogen and oxygen atoms in total. The van der Waals surface area contributed by atoms with Crippen LogP contribution < -0.4 is 0 Å². The first kappa shape index (κ1) is 22.8. The van der Waals surface area contributed by atoms with Gasteiger partial charge < -0.3 is 28.4 Å². The van der Waals surface area contributed by atoms with E-state index in [4.69, 9.17) is 28.4 Å². The van der Waals surface area contributed by atoms with E-state index in [1.807, 2.05) is 0 Å². The first-order valence-corrected chi connectivity index (χ1v) is 8.63. The van der Waals surface area contributed by atoms with Crippen molar-refractivity contribution in [2.75, 3.05) is 13.2 Å². The van der Waals surface area contributed by atoms with Crippen LogP contribution in [0.1, 0.15) is 41.0 Å². The van der Waals surface area contributed by atoms with E-state index in [1.54, 1.807) is 13.8 Å². The summed E-state index contributed by atoms with van der Waals surface area (Å²) in [4.78, 5) is 46.2. The van der Waals surface area contributed by atoms with Gasteiger partial charge in [0.1, 0.15) is 12.7 Å². The minimum absolute atomic E-state index is 0.0667. The van der Waals surface area contributed by atoms with Gasteiger partial charge in [0.15, 0.2) is 24.6 Å². The molecule has 27 heavy (non-hydrogen) atoms. The lowest BCUT2D eigenvalue weighted by Gasteiger charge is -2.44. The molecule has 0 spiro atoms. The normalized spacial score (nSPS) is 27.4. The third-order valence-electron chi connectivity index (χ3n) is 3.53. The fraction of sp³-hybridized carbons (Fsp3) is 0.765. The smallest absolute Gasteiger partial charge is 0.306 e. The zero-order valence-corrected chi connectivity index (χ0v) is 16.1. The van der Waals surface area contributed by atoms with Crippen molar-refractivity contribution in [3.63, 3.8) is 0 Å². The lowest BCUT2D eigenvalue weighted by Crippen LogP contribution is -2.63. The molecule has 1 aliphatic rings. The molecule has 1 aliphatic heterocycles. The van der Waals surface area contributed by atoms with Gasteiger partial charge in [-0.25, -0.2) is 0 Å².